The first-order chi connectivity index (χ1) is 11.4. The lowest BCUT2D eigenvalue weighted by Crippen LogP contribution is -2.50. The standard InChI is InChI=1S/C19H23N3O2/c1-18-10-8-15(23)17(21-22-20)14(18)4-3-11-12-5-6-16(24)19(12,2)9-7-13(11)18/h8,10-13H,3-7,9H2,1-2H3/t11-,12-,13-,18+,19-/m0/s1. The first-order valence-electron chi connectivity index (χ1n) is 8.97. The Morgan fingerprint density at radius 1 is 1.17 bits per heavy atom. The molecule has 5 nitrogen and oxygen atoms in total. The summed E-state index contributed by atoms with van der Waals surface area (Å²) in [5, 5.41) is 3.73. The molecule has 4 aliphatic carbocycles. The minimum Gasteiger partial charge on any atom is -0.299 e. The predicted molar refractivity (Wildman–Crippen MR) is 89.7 cm³/mol. The van der Waals surface area contributed by atoms with Crippen LogP contribution in [0.5, 0.6) is 0 Å². The van der Waals surface area contributed by atoms with Gasteiger partial charge in [0.25, 0.3) is 0 Å². The van der Waals surface area contributed by atoms with Crippen molar-refractivity contribution < 1.29 is 9.59 Å². The number of nitrogens with zero attached hydrogens (tertiary/aromatic N) is 3. The van der Waals surface area contributed by atoms with Crippen molar-refractivity contribution in [3.63, 3.8) is 0 Å². The molecule has 0 N–H and O–H groups in total. The Morgan fingerprint density at radius 2 is 1.96 bits per heavy atom. The smallest absolute Gasteiger partial charge is 0.187 e. The molecule has 0 aliphatic heterocycles. The van der Waals surface area contributed by atoms with E-state index < -0.39 is 0 Å². The molecular weight excluding hydrogens is 302 g/mol. The molecule has 0 aromatic rings. The van der Waals surface area contributed by atoms with Crippen molar-refractivity contribution in [3.05, 3.63) is 33.9 Å². The first-order valence-corrected chi connectivity index (χ1v) is 8.97. The molecule has 0 unspecified atom stereocenters. The van der Waals surface area contributed by atoms with Gasteiger partial charge in [-0.1, -0.05) is 25.0 Å². The summed E-state index contributed by atoms with van der Waals surface area (Å²) < 4.78 is 0. The highest BCUT2D eigenvalue weighted by Crippen LogP contribution is 2.64. The quantitative estimate of drug-likeness (QED) is 0.404. The van der Waals surface area contributed by atoms with Gasteiger partial charge in [-0.15, -0.1) is 0 Å². The van der Waals surface area contributed by atoms with Gasteiger partial charge in [-0.2, -0.15) is 0 Å². The number of rotatable bonds is 1. The maximum absolute atomic E-state index is 12.4. The molecule has 3 fully saturated rings. The summed E-state index contributed by atoms with van der Waals surface area (Å²) in [6.07, 6.45) is 9.10. The SMILES string of the molecule is C[C@]12C=CC(=O)C(N=[N+]=[N-])=C1CC[C@@H]1[C@@H]2CC[C@]2(C)C(=O)CC[C@@H]12. The van der Waals surface area contributed by atoms with Crippen LogP contribution < -0.4 is 0 Å². The Hall–Kier alpha value is -1.87. The number of hydrogen-bond donors (Lipinski definition) is 0. The second-order valence-corrected chi connectivity index (χ2v) is 8.33. The molecule has 0 heterocycles. The fraction of sp³-hybridized carbons (Fsp3) is 0.684. The zero-order chi connectivity index (χ0) is 17.1. The topological polar surface area (TPSA) is 82.9 Å². The van der Waals surface area contributed by atoms with E-state index in [1.165, 1.54) is 0 Å². The van der Waals surface area contributed by atoms with Crippen LogP contribution in [0.1, 0.15) is 52.4 Å². The van der Waals surface area contributed by atoms with E-state index in [1.807, 2.05) is 6.08 Å². The predicted octanol–water partition coefficient (Wildman–Crippen LogP) is 4.50. The lowest BCUT2D eigenvalue weighted by molar-refractivity contribution is -0.131. The second kappa shape index (κ2) is 5.06. The van der Waals surface area contributed by atoms with Crippen LogP contribution in [0.2, 0.25) is 0 Å². The highest BCUT2D eigenvalue weighted by molar-refractivity contribution is 6.05. The second-order valence-electron chi connectivity index (χ2n) is 8.33. The van der Waals surface area contributed by atoms with Crippen molar-refractivity contribution >= 4 is 11.6 Å². The van der Waals surface area contributed by atoms with Crippen molar-refractivity contribution in [1.29, 1.82) is 0 Å². The fourth-order valence-electron chi connectivity index (χ4n) is 6.24. The zero-order valence-corrected chi connectivity index (χ0v) is 14.3. The maximum atomic E-state index is 12.4. The van der Waals surface area contributed by atoms with Gasteiger partial charge in [0.05, 0.1) is 5.70 Å². The molecule has 0 saturated heterocycles. The molecular formula is C19H23N3O2. The van der Waals surface area contributed by atoms with E-state index in [-0.39, 0.29) is 16.6 Å². The number of hydrogen-bond acceptors (Lipinski definition) is 3. The number of fused-ring (bicyclic) bond motifs is 5. The lowest BCUT2D eigenvalue weighted by atomic mass is 9.48. The van der Waals surface area contributed by atoms with Gasteiger partial charge in [-0.05, 0) is 67.0 Å². The van der Waals surface area contributed by atoms with Crippen LogP contribution in [0.3, 0.4) is 0 Å². The Kier molecular flexibility index (Phi) is 3.30. The first kappa shape index (κ1) is 15.6. The summed E-state index contributed by atoms with van der Waals surface area (Å²) >= 11 is 0. The number of carbonyl (C=O) groups excluding carboxylic acids is 2. The van der Waals surface area contributed by atoms with E-state index in [1.54, 1.807) is 6.08 Å². The van der Waals surface area contributed by atoms with Gasteiger partial charge in [0.1, 0.15) is 5.78 Å². The molecule has 5 heteroatoms. The minimum absolute atomic E-state index is 0.138. The Bertz CT molecular complexity index is 746. The van der Waals surface area contributed by atoms with E-state index in [9.17, 15) is 9.59 Å². The van der Waals surface area contributed by atoms with Gasteiger partial charge >= 0.3 is 0 Å². The molecule has 0 radical (unpaired) electrons. The van der Waals surface area contributed by atoms with E-state index in [4.69, 9.17) is 5.53 Å². The van der Waals surface area contributed by atoms with Crippen LogP contribution >= 0.6 is 0 Å². The van der Waals surface area contributed by atoms with Gasteiger partial charge < -0.3 is 0 Å². The number of carbonyl (C=O) groups is 2. The average molecular weight is 325 g/mol. The Labute approximate surface area is 141 Å². The molecule has 24 heavy (non-hydrogen) atoms. The molecule has 0 aromatic carbocycles. The molecule has 4 aliphatic rings. The van der Waals surface area contributed by atoms with Crippen LogP contribution in [0.25, 0.3) is 10.4 Å². The van der Waals surface area contributed by atoms with Crippen molar-refractivity contribution in [3.8, 4) is 0 Å². The molecule has 4 rings (SSSR count). The molecule has 0 bridgehead atoms. The molecule has 0 amide bonds. The third kappa shape index (κ3) is 1.85. The maximum Gasteiger partial charge on any atom is 0.187 e. The fourth-order valence-corrected chi connectivity index (χ4v) is 6.24. The monoisotopic (exact) mass is 325 g/mol. The van der Waals surface area contributed by atoms with Crippen LogP contribution in [0.15, 0.2) is 28.5 Å². The van der Waals surface area contributed by atoms with E-state index >= 15 is 0 Å². The summed E-state index contributed by atoms with van der Waals surface area (Å²) in [6.45, 7) is 4.36. The molecule has 126 valence electrons. The average Bonchev–Trinajstić information content (AvgIpc) is 2.86. The summed E-state index contributed by atoms with van der Waals surface area (Å²) in [5.74, 6) is 1.70. The summed E-state index contributed by atoms with van der Waals surface area (Å²) in [4.78, 5) is 27.5. The van der Waals surface area contributed by atoms with Gasteiger partial charge in [-0.3, -0.25) is 9.59 Å². The number of allylic oxidation sites excluding steroid dienone is 3. The highest BCUT2D eigenvalue weighted by Gasteiger charge is 2.58. The zero-order valence-electron chi connectivity index (χ0n) is 14.3. The highest BCUT2D eigenvalue weighted by atomic mass is 16.1. The third-order valence-corrected chi connectivity index (χ3v) is 7.54. The summed E-state index contributed by atoms with van der Waals surface area (Å²) in [6, 6.07) is 0. The van der Waals surface area contributed by atoms with Crippen molar-refractivity contribution in [1.82, 2.24) is 0 Å². The van der Waals surface area contributed by atoms with E-state index in [0.717, 1.165) is 44.1 Å². The lowest BCUT2D eigenvalue weighted by Gasteiger charge is -2.55. The van der Waals surface area contributed by atoms with Crippen molar-refractivity contribution in [2.24, 2.45) is 33.7 Å². The van der Waals surface area contributed by atoms with Gasteiger partial charge in [0, 0.05) is 22.2 Å². The van der Waals surface area contributed by atoms with Crippen molar-refractivity contribution in [2.45, 2.75) is 52.4 Å². The van der Waals surface area contributed by atoms with E-state index in [0.29, 0.717) is 29.2 Å². The van der Waals surface area contributed by atoms with E-state index in [2.05, 4.69) is 23.9 Å². The Morgan fingerprint density at radius 3 is 2.71 bits per heavy atom. The summed E-state index contributed by atoms with van der Waals surface area (Å²) in [5.41, 5.74) is 9.82. The van der Waals surface area contributed by atoms with Gasteiger partial charge in [0.15, 0.2) is 5.78 Å². The molecule has 0 spiro atoms. The molecule has 0 aromatic heterocycles. The normalized spacial score (nSPS) is 43.8. The van der Waals surface area contributed by atoms with Crippen molar-refractivity contribution in [2.75, 3.05) is 0 Å². The number of azide groups is 1. The third-order valence-electron chi connectivity index (χ3n) is 7.54. The summed E-state index contributed by atoms with van der Waals surface area (Å²) in [7, 11) is 0. The van der Waals surface area contributed by atoms with Crippen LogP contribution in [-0.2, 0) is 9.59 Å². The molecule has 5 atom stereocenters. The van der Waals surface area contributed by atoms with Gasteiger partial charge in [0.2, 0.25) is 0 Å². The molecule has 3 saturated carbocycles. The largest absolute Gasteiger partial charge is 0.299 e. The van der Waals surface area contributed by atoms with Gasteiger partial charge in [-0.25, -0.2) is 0 Å². The minimum atomic E-state index is -0.215. The number of ketones is 2. The Balaban J connectivity index is 1.77. The van der Waals surface area contributed by atoms with Crippen LogP contribution in [-0.4, -0.2) is 11.6 Å². The van der Waals surface area contributed by atoms with Crippen LogP contribution in [0.4, 0.5) is 0 Å². The number of Topliss-reactive ketones (excluding diaryl/α,β-unsaturated/α-hetero) is 1. The van der Waals surface area contributed by atoms with Crippen LogP contribution in [0, 0.1) is 28.6 Å².